The van der Waals surface area contributed by atoms with Gasteiger partial charge >= 0.3 is 0 Å². The van der Waals surface area contributed by atoms with Gasteiger partial charge in [0.15, 0.2) is 6.39 Å². The van der Waals surface area contributed by atoms with Gasteiger partial charge in [-0.05, 0) is 17.9 Å². The number of nitrogens with two attached hydrogens (primary N) is 1. The van der Waals surface area contributed by atoms with Crippen molar-refractivity contribution < 1.29 is 4.42 Å². The largest absolute Gasteiger partial charge is 0.448 e. The van der Waals surface area contributed by atoms with Crippen LogP contribution in [0.15, 0.2) is 17.0 Å². The second-order valence-corrected chi connectivity index (χ2v) is 4.05. The van der Waals surface area contributed by atoms with Gasteiger partial charge < -0.3 is 10.2 Å². The van der Waals surface area contributed by atoms with Gasteiger partial charge in [0.25, 0.3) is 0 Å². The molecule has 3 nitrogen and oxygen atoms in total. The van der Waals surface area contributed by atoms with E-state index in [-0.39, 0.29) is 0 Å². The first-order valence-corrected chi connectivity index (χ1v) is 4.26. The van der Waals surface area contributed by atoms with Crippen molar-refractivity contribution in [3.8, 4) is 0 Å². The number of hydrogen-bond donors (Lipinski definition) is 1. The zero-order valence-electron chi connectivity index (χ0n) is 7.45. The summed E-state index contributed by atoms with van der Waals surface area (Å²) in [6.45, 7) is 5.17. The molecular weight excluding hydrogens is 152 g/mol. The quantitative estimate of drug-likeness (QED) is 0.722. The summed E-state index contributed by atoms with van der Waals surface area (Å²) in [4.78, 5) is 3.91. The molecule has 1 saturated carbocycles. The highest BCUT2D eigenvalue weighted by Crippen LogP contribution is 2.63. The lowest BCUT2D eigenvalue weighted by molar-refractivity contribution is 0.478. The summed E-state index contributed by atoms with van der Waals surface area (Å²) >= 11 is 0. The summed E-state index contributed by atoms with van der Waals surface area (Å²) < 4.78 is 5.26. The molecule has 0 radical (unpaired) electrons. The van der Waals surface area contributed by atoms with Crippen molar-refractivity contribution >= 4 is 0 Å². The molecule has 1 aromatic heterocycles. The van der Waals surface area contributed by atoms with Crippen molar-refractivity contribution in [1.82, 2.24) is 4.98 Å². The monoisotopic (exact) mass is 166 g/mol. The normalized spacial score (nSPS) is 31.9. The van der Waals surface area contributed by atoms with Crippen LogP contribution < -0.4 is 5.73 Å². The minimum Gasteiger partial charge on any atom is -0.448 e. The molecule has 1 heterocycles. The van der Waals surface area contributed by atoms with E-state index in [4.69, 9.17) is 10.2 Å². The predicted octanol–water partition coefficient (Wildman–Crippen LogP) is 1.37. The SMILES string of the molecule is CC1(C)C(CN)C1c1cnco1. The molecule has 0 aromatic carbocycles. The van der Waals surface area contributed by atoms with E-state index < -0.39 is 0 Å². The van der Waals surface area contributed by atoms with Gasteiger partial charge in [-0.15, -0.1) is 0 Å². The third-order valence-electron chi connectivity index (χ3n) is 3.06. The van der Waals surface area contributed by atoms with E-state index in [1.165, 1.54) is 6.39 Å². The molecule has 1 aliphatic carbocycles. The lowest BCUT2D eigenvalue weighted by atomic mass is 10.1. The van der Waals surface area contributed by atoms with E-state index in [2.05, 4.69) is 18.8 Å². The maximum Gasteiger partial charge on any atom is 0.180 e. The second-order valence-electron chi connectivity index (χ2n) is 4.05. The topological polar surface area (TPSA) is 52.0 Å². The fraction of sp³-hybridized carbons (Fsp3) is 0.667. The minimum absolute atomic E-state index is 0.300. The highest BCUT2D eigenvalue weighted by Gasteiger charge is 2.59. The summed E-state index contributed by atoms with van der Waals surface area (Å²) in [5.74, 6) is 2.02. The summed E-state index contributed by atoms with van der Waals surface area (Å²) in [6, 6.07) is 0. The van der Waals surface area contributed by atoms with Crippen LogP contribution in [0.3, 0.4) is 0 Å². The average molecular weight is 166 g/mol. The molecule has 3 heteroatoms. The molecule has 0 saturated heterocycles. The molecule has 2 atom stereocenters. The maximum atomic E-state index is 5.64. The Morgan fingerprint density at radius 1 is 1.67 bits per heavy atom. The molecule has 0 aliphatic heterocycles. The zero-order chi connectivity index (χ0) is 8.77. The van der Waals surface area contributed by atoms with Crippen molar-refractivity contribution in [2.45, 2.75) is 19.8 Å². The Hall–Kier alpha value is -0.830. The molecule has 2 N–H and O–H groups in total. The van der Waals surface area contributed by atoms with Gasteiger partial charge in [-0.3, -0.25) is 0 Å². The number of rotatable bonds is 2. The van der Waals surface area contributed by atoms with Crippen molar-refractivity contribution in [3.63, 3.8) is 0 Å². The molecule has 1 aliphatic rings. The molecule has 0 bridgehead atoms. The van der Waals surface area contributed by atoms with Gasteiger partial charge in [0, 0.05) is 5.92 Å². The van der Waals surface area contributed by atoms with Crippen LogP contribution >= 0.6 is 0 Å². The van der Waals surface area contributed by atoms with Crippen LogP contribution in [-0.4, -0.2) is 11.5 Å². The summed E-state index contributed by atoms with van der Waals surface area (Å²) in [5.41, 5.74) is 5.94. The lowest BCUT2D eigenvalue weighted by Crippen LogP contribution is -2.05. The molecule has 66 valence electrons. The lowest BCUT2D eigenvalue weighted by Gasteiger charge is -1.97. The maximum absolute atomic E-state index is 5.64. The number of nitrogens with zero attached hydrogens (tertiary/aromatic N) is 1. The summed E-state index contributed by atoms with van der Waals surface area (Å²) in [7, 11) is 0. The Labute approximate surface area is 72.0 Å². The van der Waals surface area contributed by atoms with Crippen LogP contribution in [0.2, 0.25) is 0 Å². The van der Waals surface area contributed by atoms with E-state index in [1.807, 2.05) is 0 Å². The van der Waals surface area contributed by atoms with Gasteiger partial charge in [-0.25, -0.2) is 4.98 Å². The molecule has 1 aromatic rings. The minimum atomic E-state index is 0.300. The number of oxazole rings is 1. The molecule has 12 heavy (non-hydrogen) atoms. The standard InChI is InChI=1S/C9H14N2O/c1-9(2)6(3-10)8(9)7-4-11-5-12-7/h4-6,8H,3,10H2,1-2H3. The first kappa shape index (κ1) is 7.80. The number of aromatic nitrogens is 1. The van der Waals surface area contributed by atoms with Crippen LogP contribution in [0.5, 0.6) is 0 Å². The van der Waals surface area contributed by atoms with Crippen LogP contribution in [0.25, 0.3) is 0 Å². The van der Waals surface area contributed by atoms with Crippen LogP contribution in [-0.2, 0) is 0 Å². The smallest absolute Gasteiger partial charge is 0.180 e. The molecule has 2 rings (SSSR count). The van der Waals surface area contributed by atoms with Crippen molar-refractivity contribution in [2.24, 2.45) is 17.1 Å². The fourth-order valence-corrected chi connectivity index (χ4v) is 2.13. The third-order valence-corrected chi connectivity index (χ3v) is 3.06. The van der Waals surface area contributed by atoms with Crippen molar-refractivity contribution in [1.29, 1.82) is 0 Å². The Balaban J connectivity index is 2.19. The van der Waals surface area contributed by atoms with E-state index in [1.54, 1.807) is 6.20 Å². The van der Waals surface area contributed by atoms with Gasteiger partial charge in [0.05, 0.1) is 6.20 Å². The third kappa shape index (κ3) is 0.894. The Morgan fingerprint density at radius 2 is 2.42 bits per heavy atom. The molecular formula is C9H14N2O. The second kappa shape index (κ2) is 2.33. The Bertz CT molecular complexity index is 266. The van der Waals surface area contributed by atoms with E-state index in [0.717, 1.165) is 12.3 Å². The van der Waals surface area contributed by atoms with E-state index >= 15 is 0 Å². The Morgan fingerprint density at radius 3 is 2.83 bits per heavy atom. The van der Waals surface area contributed by atoms with Crippen LogP contribution in [0, 0.1) is 11.3 Å². The molecule has 2 unspecified atom stereocenters. The molecule has 0 spiro atoms. The van der Waals surface area contributed by atoms with Gasteiger partial charge in [0.1, 0.15) is 5.76 Å². The van der Waals surface area contributed by atoms with Crippen LogP contribution in [0.4, 0.5) is 0 Å². The number of hydrogen-bond acceptors (Lipinski definition) is 3. The van der Waals surface area contributed by atoms with Gasteiger partial charge in [-0.2, -0.15) is 0 Å². The van der Waals surface area contributed by atoms with Crippen molar-refractivity contribution in [2.75, 3.05) is 6.54 Å². The van der Waals surface area contributed by atoms with Gasteiger partial charge in [-0.1, -0.05) is 13.8 Å². The average Bonchev–Trinajstić information content (AvgIpc) is 2.50. The summed E-state index contributed by atoms with van der Waals surface area (Å²) in [6.07, 6.45) is 3.28. The predicted molar refractivity (Wildman–Crippen MR) is 45.6 cm³/mol. The van der Waals surface area contributed by atoms with E-state index in [9.17, 15) is 0 Å². The van der Waals surface area contributed by atoms with Crippen molar-refractivity contribution in [3.05, 3.63) is 18.4 Å². The fourth-order valence-electron chi connectivity index (χ4n) is 2.13. The Kier molecular flexibility index (Phi) is 1.51. The first-order valence-electron chi connectivity index (χ1n) is 4.26. The van der Waals surface area contributed by atoms with Gasteiger partial charge in [0.2, 0.25) is 0 Å². The summed E-state index contributed by atoms with van der Waals surface area (Å²) in [5, 5.41) is 0. The van der Waals surface area contributed by atoms with E-state index in [0.29, 0.717) is 17.3 Å². The first-order chi connectivity index (χ1) is 5.68. The molecule has 1 fully saturated rings. The highest BCUT2D eigenvalue weighted by molar-refractivity contribution is 5.22. The van der Waals surface area contributed by atoms with Crippen LogP contribution in [0.1, 0.15) is 25.5 Å². The molecule has 0 amide bonds. The highest BCUT2D eigenvalue weighted by atomic mass is 16.3. The zero-order valence-corrected chi connectivity index (χ0v) is 7.45.